The fourth-order valence-electron chi connectivity index (χ4n) is 2.06. The topological polar surface area (TPSA) is 55.0 Å². The Morgan fingerprint density at radius 1 is 1.22 bits per heavy atom. The van der Waals surface area contributed by atoms with Crippen molar-refractivity contribution in [2.75, 3.05) is 0 Å². The van der Waals surface area contributed by atoms with Crippen LogP contribution in [-0.4, -0.2) is 15.9 Å². The number of ether oxygens (including phenoxy) is 1. The quantitative estimate of drug-likeness (QED) is 0.520. The number of esters is 1. The van der Waals surface area contributed by atoms with Crippen LogP contribution in [0.2, 0.25) is 0 Å². The van der Waals surface area contributed by atoms with E-state index in [2.05, 4.69) is 25.9 Å². The highest BCUT2D eigenvalue weighted by Crippen LogP contribution is 2.32. The van der Waals surface area contributed by atoms with Crippen LogP contribution in [0, 0.1) is 0 Å². The molecule has 4 nitrogen and oxygen atoms in total. The minimum Gasteiger partial charge on any atom is -0.423 e. The second kappa shape index (κ2) is 5.69. The third-order valence-corrected chi connectivity index (χ3v) is 3.78. The smallest absolute Gasteiger partial charge is 0.416 e. The fraction of sp³-hybridized carbons (Fsp3) is 0.0667. The van der Waals surface area contributed by atoms with Gasteiger partial charge in [0.2, 0.25) is 0 Å². The monoisotopic (exact) mass is 384 g/mol. The number of fused-ring (bicyclic) bond motifs is 1. The van der Waals surface area contributed by atoms with Crippen LogP contribution in [0.4, 0.5) is 13.2 Å². The van der Waals surface area contributed by atoms with E-state index in [0.29, 0.717) is 15.5 Å². The minimum atomic E-state index is -4.50. The zero-order valence-electron chi connectivity index (χ0n) is 11.3. The number of carbonyl (C=O) groups excluding carboxylic acids is 1. The van der Waals surface area contributed by atoms with Crippen molar-refractivity contribution < 1.29 is 22.7 Å². The maximum atomic E-state index is 12.7. The molecule has 1 aromatic heterocycles. The summed E-state index contributed by atoms with van der Waals surface area (Å²) < 4.78 is 43.8. The number of aromatic amines is 1. The maximum Gasteiger partial charge on any atom is 0.416 e. The summed E-state index contributed by atoms with van der Waals surface area (Å²) in [4.78, 5) is 19.1. The molecule has 2 aromatic carbocycles. The minimum absolute atomic E-state index is 0.155. The van der Waals surface area contributed by atoms with Crippen LogP contribution in [0.25, 0.3) is 11.0 Å². The van der Waals surface area contributed by atoms with Crippen LogP contribution < -0.4 is 4.74 Å². The van der Waals surface area contributed by atoms with E-state index in [-0.39, 0.29) is 11.3 Å². The Bertz CT molecular complexity index is 890. The van der Waals surface area contributed by atoms with E-state index in [1.807, 2.05) is 0 Å². The third kappa shape index (κ3) is 3.07. The standard InChI is InChI=1S/C15H8BrF3N2O2/c16-11-5-4-10(12-13(11)21-7-20-12)14(22)23-9-3-1-2-8(6-9)15(17,18)19/h1-7H,(H,20,21). The van der Waals surface area contributed by atoms with Crippen LogP contribution in [0.5, 0.6) is 5.75 Å². The van der Waals surface area contributed by atoms with Gasteiger partial charge in [-0.25, -0.2) is 9.78 Å². The molecule has 0 aliphatic carbocycles. The second-order valence-corrected chi connectivity index (χ2v) is 5.49. The van der Waals surface area contributed by atoms with Gasteiger partial charge in [-0.15, -0.1) is 0 Å². The molecule has 0 saturated carbocycles. The van der Waals surface area contributed by atoms with Gasteiger partial charge in [0, 0.05) is 4.47 Å². The zero-order chi connectivity index (χ0) is 16.6. The van der Waals surface area contributed by atoms with E-state index in [9.17, 15) is 18.0 Å². The number of rotatable bonds is 2. The maximum absolute atomic E-state index is 12.7. The van der Waals surface area contributed by atoms with Gasteiger partial charge in [-0.3, -0.25) is 0 Å². The van der Waals surface area contributed by atoms with Gasteiger partial charge in [0.15, 0.2) is 0 Å². The first-order valence-electron chi connectivity index (χ1n) is 6.37. The molecule has 118 valence electrons. The highest BCUT2D eigenvalue weighted by molar-refractivity contribution is 9.10. The van der Waals surface area contributed by atoms with Crippen molar-refractivity contribution in [3.05, 3.63) is 58.3 Å². The number of aromatic nitrogens is 2. The van der Waals surface area contributed by atoms with Crippen molar-refractivity contribution in [2.45, 2.75) is 6.18 Å². The summed E-state index contributed by atoms with van der Waals surface area (Å²) in [5, 5.41) is 0. The molecule has 3 aromatic rings. The van der Waals surface area contributed by atoms with Crippen molar-refractivity contribution >= 4 is 32.9 Å². The number of H-pyrrole nitrogens is 1. The van der Waals surface area contributed by atoms with Crippen LogP contribution in [-0.2, 0) is 6.18 Å². The Labute approximate surface area is 136 Å². The molecule has 0 unspecified atom stereocenters. The van der Waals surface area contributed by atoms with Crippen LogP contribution >= 0.6 is 15.9 Å². The van der Waals surface area contributed by atoms with Gasteiger partial charge in [-0.2, -0.15) is 13.2 Å². The molecule has 0 atom stereocenters. The largest absolute Gasteiger partial charge is 0.423 e. The molecule has 0 aliphatic rings. The summed E-state index contributed by atoms with van der Waals surface area (Å²) in [5.74, 6) is -0.967. The molecule has 0 bridgehead atoms. The molecule has 23 heavy (non-hydrogen) atoms. The number of halogens is 4. The Morgan fingerprint density at radius 2 is 2.00 bits per heavy atom. The van der Waals surface area contributed by atoms with Crippen molar-refractivity contribution in [1.82, 2.24) is 9.97 Å². The average Bonchev–Trinajstić information content (AvgIpc) is 2.97. The molecule has 0 saturated heterocycles. The van der Waals surface area contributed by atoms with Gasteiger partial charge >= 0.3 is 12.1 Å². The predicted molar refractivity (Wildman–Crippen MR) is 80.2 cm³/mol. The lowest BCUT2D eigenvalue weighted by atomic mass is 10.2. The Morgan fingerprint density at radius 3 is 2.74 bits per heavy atom. The van der Waals surface area contributed by atoms with E-state index >= 15 is 0 Å². The summed E-state index contributed by atoms with van der Waals surface area (Å²) in [6, 6.07) is 7.26. The Hall–Kier alpha value is -2.35. The summed E-state index contributed by atoms with van der Waals surface area (Å²) in [6.07, 6.45) is -3.09. The number of alkyl halides is 3. The normalized spacial score (nSPS) is 11.7. The van der Waals surface area contributed by atoms with Crippen molar-refractivity contribution in [1.29, 1.82) is 0 Å². The molecule has 0 fully saturated rings. The van der Waals surface area contributed by atoms with Crippen LogP contribution in [0.1, 0.15) is 15.9 Å². The number of hydrogen-bond acceptors (Lipinski definition) is 3. The summed E-state index contributed by atoms with van der Waals surface area (Å²) in [7, 11) is 0. The van der Waals surface area contributed by atoms with Gasteiger partial charge < -0.3 is 9.72 Å². The lowest BCUT2D eigenvalue weighted by Crippen LogP contribution is -2.11. The summed E-state index contributed by atoms with van der Waals surface area (Å²) in [5.41, 5.74) is 0.241. The third-order valence-electron chi connectivity index (χ3n) is 3.12. The highest BCUT2D eigenvalue weighted by Gasteiger charge is 2.30. The molecule has 1 N–H and O–H groups in total. The fourth-order valence-corrected chi connectivity index (χ4v) is 2.50. The number of benzene rings is 2. The number of nitrogens with one attached hydrogen (secondary N) is 1. The van der Waals surface area contributed by atoms with Crippen LogP contribution in [0.3, 0.4) is 0 Å². The van der Waals surface area contributed by atoms with E-state index in [0.717, 1.165) is 12.1 Å². The molecule has 0 amide bonds. The predicted octanol–water partition coefficient (Wildman–Crippen LogP) is 4.56. The molecule has 0 radical (unpaired) electrons. The number of nitrogens with zero attached hydrogens (tertiary/aromatic N) is 1. The SMILES string of the molecule is O=C(Oc1cccc(C(F)(F)F)c1)c1ccc(Br)c2[nH]cnc12. The van der Waals surface area contributed by atoms with E-state index in [4.69, 9.17) is 4.74 Å². The Balaban J connectivity index is 1.93. The first kappa shape index (κ1) is 15.5. The molecule has 0 aliphatic heterocycles. The Kier molecular flexibility index (Phi) is 3.85. The molecule has 8 heteroatoms. The number of hydrogen-bond donors (Lipinski definition) is 1. The highest BCUT2D eigenvalue weighted by atomic mass is 79.9. The lowest BCUT2D eigenvalue weighted by Gasteiger charge is -2.09. The molecular weight excluding hydrogens is 377 g/mol. The van der Waals surface area contributed by atoms with Crippen LogP contribution in [0.15, 0.2) is 47.2 Å². The lowest BCUT2D eigenvalue weighted by molar-refractivity contribution is -0.137. The van der Waals surface area contributed by atoms with Gasteiger partial charge in [-0.1, -0.05) is 6.07 Å². The first-order chi connectivity index (χ1) is 10.9. The average molecular weight is 385 g/mol. The summed E-state index contributed by atoms with van der Waals surface area (Å²) in [6.45, 7) is 0. The van der Waals surface area contributed by atoms with Gasteiger partial charge in [0.1, 0.15) is 11.3 Å². The van der Waals surface area contributed by atoms with Gasteiger partial charge in [-0.05, 0) is 46.3 Å². The number of imidazole rings is 1. The zero-order valence-corrected chi connectivity index (χ0v) is 12.9. The molecule has 0 spiro atoms. The van der Waals surface area contributed by atoms with Gasteiger partial charge in [0.05, 0.1) is 23.0 Å². The van der Waals surface area contributed by atoms with Crippen molar-refractivity contribution in [2.24, 2.45) is 0 Å². The second-order valence-electron chi connectivity index (χ2n) is 4.64. The molecule has 3 rings (SSSR count). The number of carbonyl (C=O) groups is 1. The van der Waals surface area contributed by atoms with E-state index in [1.54, 1.807) is 6.07 Å². The summed E-state index contributed by atoms with van der Waals surface area (Å²) >= 11 is 3.31. The van der Waals surface area contributed by atoms with E-state index < -0.39 is 17.7 Å². The molecule has 1 heterocycles. The van der Waals surface area contributed by atoms with Crippen molar-refractivity contribution in [3.63, 3.8) is 0 Å². The molecular formula is C15H8BrF3N2O2. The van der Waals surface area contributed by atoms with Gasteiger partial charge in [0.25, 0.3) is 0 Å². The van der Waals surface area contributed by atoms with E-state index in [1.165, 1.54) is 24.5 Å². The first-order valence-corrected chi connectivity index (χ1v) is 7.16. The van der Waals surface area contributed by atoms with Crippen molar-refractivity contribution in [3.8, 4) is 5.75 Å².